The van der Waals surface area contributed by atoms with Crippen molar-refractivity contribution in [1.82, 2.24) is 5.32 Å². The van der Waals surface area contributed by atoms with E-state index < -0.39 is 50.5 Å². The van der Waals surface area contributed by atoms with E-state index >= 15 is 0 Å². The van der Waals surface area contributed by atoms with E-state index in [0.717, 1.165) is 21.9 Å². The topological polar surface area (TPSA) is 113 Å². The predicted octanol–water partition coefficient (Wildman–Crippen LogP) is 1.49. The van der Waals surface area contributed by atoms with Crippen molar-refractivity contribution in [2.24, 2.45) is 0 Å². The molecule has 1 fully saturated rings. The van der Waals surface area contributed by atoms with Gasteiger partial charge in [-0.3, -0.25) is 14.5 Å². The zero-order valence-corrected chi connectivity index (χ0v) is 17.3. The van der Waals surface area contributed by atoms with Crippen LogP contribution in [-0.4, -0.2) is 63.9 Å². The Morgan fingerprint density at radius 3 is 2.56 bits per heavy atom. The van der Waals surface area contributed by atoms with Crippen molar-refractivity contribution in [2.75, 3.05) is 35.2 Å². The molecule has 32 heavy (non-hydrogen) atoms. The molecule has 2 amide bonds. The van der Waals surface area contributed by atoms with Gasteiger partial charge in [0.25, 0.3) is 5.78 Å². The molecule has 0 saturated carbocycles. The minimum absolute atomic E-state index is 0.0179. The van der Waals surface area contributed by atoms with Crippen LogP contribution >= 0.6 is 0 Å². The largest absolute Gasteiger partial charge is 0.455 e. The van der Waals surface area contributed by atoms with Crippen molar-refractivity contribution in [1.29, 1.82) is 0 Å². The quantitative estimate of drug-likeness (QED) is 0.637. The Balaban J connectivity index is 1.85. The standard InChI is InChI=1S/C18H17F4N3O6S/c1-10(26)23-7-12-8-25(17(28)31-12)11-2-3-14(13(19)6-11)24-4-5-32(29,30)15(9-24)16(27)18(20,21)22/h2-3,6,9,12H,4-5,7-8H2,1H3,(H,23,26)/t12-/m0/s1. The molecule has 1 aromatic carbocycles. The molecule has 1 atom stereocenters. The van der Waals surface area contributed by atoms with Crippen LogP contribution in [0.4, 0.5) is 33.7 Å². The summed E-state index contributed by atoms with van der Waals surface area (Å²) in [5.41, 5.74) is -0.194. The third-order valence-corrected chi connectivity index (χ3v) is 6.38. The SMILES string of the molecule is CC(=O)NC[C@H]1CN(c2ccc(N3C=C(C(=O)C(F)(F)F)S(=O)(=O)CC3)c(F)c2)C(=O)O1. The number of carbonyl (C=O) groups excluding carboxylic acids is 3. The number of Topliss-reactive ketones (excluding diaryl/α,β-unsaturated/α-hetero) is 1. The summed E-state index contributed by atoms with van der Waals surface area (Å²) in [5, 5.41) is 2.49. The Morgan fingerprint density at radius 1 is 1.28 bits per heavy atom. The van der Waals surface area contributed by atoms with Crippen molar-refractivity contribution in [2.45, 2.75) is 19.2 Å². The molecule has 174 valence electrons. The van der Waals surface area contributed by atoms with Crippen LogP contribution in [0.3, 0.4) is 0 Å². The summed E-state index contributed by atoms with van der Waals surface area (Å²) in [5.74, 6) is -4.64. The molecule has 2 heterocycles. The Kier molecular flexibility index (Phi) is 6.18. The fourth-order valence-electron chi connectivity index (χ4n) is 3.14. The van der Waals surface area contributed by atoms with Crippen molar-refractivity contribution in [3.63, 3.8) is 0 Å². The smallest absolute Gasteiger partial charge is 0.442 e. The predicted molar refractivity (Wildman–Crippen MR) is 103 cm³/mol. The van der Waals surface area contributed by atoms with Gasteiger partial charge in [0.2, 0.25) is 5.91 Å². The van der Waals surface area contributed by atoms with Gasteiger partial charge in [0.15, 0.2) is 9.84 Å². The maximum absolute atomic E-state index is 14.8. The lowest BCUT2D eigenvalue weighted by molar-refractivity contribution is -0.165. The minimum Gasteiger partial charge on any atom is -0.442 e. The molecule has 9 nitrogen and oxygen atoms in total. The highest BCUT2D eigenvalue weighted by Gasteiger charge is 2.46. The number of sulfone groups is 1. The van der Waals surface area contributed by atoms with Gasteiger partial charge in [-0.1, -0.05) is 0 Å². The monoisotopic (exact) mass is 479 g/mol. The van der Waals surface area contributed by atoms with Gasteiger partial charge in [-0.25, -0.2) is 17.6 Å². The number of rotatable bonds is 5. The normalized spacial score (nSPS) is 20.6. The second kappa shape index (κ2) is 8.41. The number of benzene rings is 1. The van der Waals surface area contributed by atoms with Crippen LogP contribution in [0.2, 0.25) is 0 Å². The molecule has 2 aliphatic rings. The van der Waals surface area contributed by atoms with Gasteiger partial charge in [-0.05, 0) is 18.2 Å². The van der Waals surface area contributed by atoms with E-state index in [0.29, 0.717) is 6.20 Å². The Morgan fingerprint density at radius 2 is 1.97 bits per heavy atom. The first kappa shape index (κ1) is 23.5. The van der Waals surface area contributed by atoms with Crippen molar-refractivity contribution in [3.05, 3.63) is 35.1 Å². The summed E-state index contributed by atoms with van der Waals surface area (Å²) < 4.78 is 82.0. The van der Waals surface area contributed by atoms with E-state index in [2.05, 4.69) is 5.32 Å². The zero-order chi connectivity index (χ0) is 23.8. The molecular formula is C18H17F4N3O6S. The van der Waals surface area contributed by atoms with E-state index in [-0.39, 0.29) is 36.9 Å². The van der Waals surface area contributed by atoms with E-state index in [1.54, 1.807) is 0 Å². The Hall–Kier alpha value is -3.16. The Bertz CT molecular complexity index is 1100. The van der Waals surface area contributed by atoms with E-state index in [9.17, 15) is 40.4 Å². The number of halogens is 4. The van der Waals surface area contributed by atoms with Crippen LogP contribution in [0.1, 0.15) is 6.92 Å². The molecule has 1 aromatic rings. The minimum atomic E-state index is -5.41. The van der Waals surface area contributed by atoms with Crippen LogP contribution in [0.5, 0.6) is 0 Å². The van der Waals surface area contributed by atoms with Gasteiger partial charge in [0.1, 0.15) is 16.8 Å². The van der Waals surface area contributed by atoms with E-state index in [4.69, 9.17) is 4.74 Å². The second-order valence-electron chi connectivity index (χ2n) is 7.02. The number of cyclic esters (lactones) is 1. The molecule has 1 saturated heterocycles. The second-order valence-corrected chi connectivity index (χ2v) is 9.10. The lowest BCUT2D eigenvalue weighted by Crippen LogP contribution is -2.38. The fraction of sp³-hybridized carbons (Fsp3) is 0.389. The van der Waals surface area contributed by atoms with Gasteiger partial charge >= 0.3 is 12.3 Å². The highest BCUT2D eigenvalue weighted by atomic mass is 32.2. The average Bonchev–Trinajstić information content (AvgIpc) is 3.06. The molecule has 14 heteroatoms. The lowest BCUT2D eigenvalue weighted by Gasteiger charge is -2.27. The maximum Gasteiger partial charge on any atom is 0.455 e. The van der Waals surface area contributed by atoms with Gasteiger partial charge in [0, 0.05) is 19.7 Å². The maximum atomic E-state index is 14.8. The number of amides is 2. The molecule has 1 N–H and O–H groups in total. The highest BCUT2D eigenvalue weighted by molar-refractivity contribution is 7.96. The first-order chi connectivity index (χ1) is 14.8. The van der Waals surface area contributed by atoms with E-state index in [1.807, 2.05) is 0 Å². The van der Waals surface area contributed by atoms with Crippen LogP contribution in [0.25, 0.3) is 0 Å². The third kappa shape index (κ3) is 4.84. The number of alkyl halides is 3. The summed E-state index contributed by atoms with van der Waals surface area (Å²) >= 11 is 0. The van der Waals surface area contributed by atoms with Crippen molar-refractivity contribution >= 4 is 39.0 Å². The zero-order valence-electron chi connectivity index (χ0n) is 16.5. The van der Waals surface area contributed by atoms with Crippen LogP contribution in [0.15, 0.2) is 29.3 Å². The number of hydrogen-bond donors (Lipinski definition) is 1. The number of carbonyl (C=O) groups is 3. The Labute approximate surface area is 179 Å². The number of anilines is 2. The molecule has 0 unspecified atom stereocenters. The van der Waals surface area contributed by atoms with Gasteiger partial charge in [0.05, 0.1) is 30.2 Å². The third-order valence-electron chi connectivity index (χ3n) is 4.70. The molecule has 3 rings (SSSR count). The molecular weight excluding hydrogens is 462 g/mol. The van der Waals surface area contributed by atoms with Crippen molar-refractivity contribution in [3.8, 4) is 0 Å². The number of ether oxygens (including phenoxy) is 1. The first-order valence-corrected chi connectivity index (χ1v) is 10.8. The van der Waals surface area contributed by atoms with Crippen LogP contribution in [-0.2, 0) is 24.2 Å². The number of allylic oxidation sites excluding steroid dienone is 1. The summed E-state index contributed by atoms with van der Waals surface area (Å²) in [6.07, 6.45) is -6.40. The number of ketones is 1. The molecule has 0 bridgehead atoms. The highest BCUT2D eigenvalue weighted by Crippen LogP contribution is 2.32. The average molecular weight is 479 g/mol. The van der Waals surface area contributed by atoms with E-state index in [1.165, 1.54) is 13.0 Å². The number of nitrogens with one attached hydrogen (secondary N) is 1. The molecule has 0 spiro atoms. The van der Waals surface area contributed by atoms with Gasteiger partial charge in [-0.15, -0.1) is 0 Å². The molecule has 2 aliphatic heterocycles. The van der Waals surface area contributed by atoms with Crippen LogP contribution in [0, 0.1) is 5.82 Å². The summed E-state index contributed by atoms with van der Waals surface area (Å²) in [6, 6.07) is 3.37. The number of hydrogen-bond acceptors (Lipinski definition) is 7. The van der Waals surface area contributed by atoms with Gasteiger partial charge in [-0.2, -0.15) is 13.2 Å². The fourth-order valence-corrected chi connectivity index (χ4v) is 4.48. The summed E-state index contributed by atoms with van der Waals surface area (Å²) in [6.45, 7) is 0.986. The molecule has 0 aliphatic carbocycles. The van der Waals surface area contributed by atoms with Gasteiger partial charge < -0.3 is 15.0 Å². The van der Waals surface area contributed by atoms with Crippen LogP contribution < -0.4 is 15.1 Å². The lowest BCUT2D eigenvalue weighted by atomic mass is 10.2. The first-order valence-electron chi connectivity index (χ1n) is 9.14. The molecule has 0 aromatic heterocycles. The number of nitrogens with zero attached hydrogens (tertiary/aromatic N) is 2. The van der Waals surface area contributed by atoms with Crippen molar-refractivity contribution < 1.29 is 45.1 Å². The summed E-state index contributed by atoms with van der Waals surface area (Å²) in [4.78, 5) is 35.1. The molecule has 0 radical (unpaired) electrons. The summed E-state index contributed by atoms with van der Waals surface area (Å²) in [7, 11) is -4.48.